The zero-order chi connectivity index (χ0) is 14.3. The highest BCUT2D eigenvalue weighted by Crippen LogP contribution is 2.18. The number of pyridine rings is 1. The van der Waals surface area contributed by atoms with Crippen molar-refractivity contribution in [3.05, 3.63) is 52.0 Å². The van der Waals surface area contributed by atoms with Crippen molar-refractivity contribution in [1.29, 1.82) is 0 Å². The maximum absolute atomic E-state index is 12.0. The van der Waals surface area contributed by atoms with Crippen LogP contribution in [0.5, 0.6) is 0 Å². The molecule has 1 rings (SSSR count). The van der Waals surface area contributed by atoms with Crippen LogP contribution >= 0.6 is 0 Å². The van der Waals surface area contributed by atoms with Gasteiger partial charge in [0.1, 0.15) is 0 Å². The third-order valence-corrected chi connectivity index (χ3v) is 2.90. The highest BCUT2D eigenvalue weighted by atomic mass is 16.1. The summed E-state index contributed by atoms with van der Waals surface area (Å²) in [7, 11) is 1.76. The van der Waals surface area contributed by atoms with Gasteiger partial charge in [0.25, 0.3) is 5.56 Å². The Morgan fingerprint density at radius 1 is 1.47 bits per heavy atom. The van der Waals surface area contributed by atoms with E-state index in [-0.39, 0.29) is 5.56 Å². The molecule has 0 radical (unpaired) electrons. The Bertz CT molecular complexity index is 563. The van der Waals surface area contributed by atoms with Gasteiger partial charge in [-0.15, -0.1) is 0 Å². The molecular formula is C16H22N2O. The lowest BCUT2D eigenvalue weighted by Gasteiger charge is -2.08. The molecule has 0 amide bonds. The van der Waals surface area contributed by atoms with Gasteiger partial charge in [0.2, 0.25) is 0 Å². The van der Waals surface area contributed by atoms with Crippen LogP contribution in [-0.2, 0) is 7.05 Å². The molecule has 0 N–H and O–H groups in total. The van der Waals surface area contributed by atoms with Gasteiger partial charge < -0.3 is 4.57 Å². The molecule has 0 aliphatic rings. The predicted molar refractivity (Wildman–Crippen MR) is 82.6 cm³/mol. The average Bonchev–Trinajstić information content (AvgIpc) is 2.41. The van der Waals surface area contributed by atoms with E-state index in [4.69, 9.17) is 0 Å². The summed E-state index contributed by atoms with van der Waals surface area (Å²) in [5, 5.41) is 0. The molecule has 0 saturated heterocycles. The standard InChI is InChI=1S/C16H22N2O/c1-5-7-9-15(17-11-8-6-2)14-10-12-18(4)16(19)13(14)3/h6,8-12H,5,7H2,1-4H3/b8-6-,15-9+,17-11+. The normalized spacial score (nSPS) is 12.7. The Balaban J connectivity index is 3.25. The SMILES string of the molecule is C\C=C/C=N/C(=C/CCC)c1ccn(C)c(=O)c1C. The second kappa shape index (κ2) is 7.52. The van der Waals surface area contributed by atoms with Crippen molar-refractivity contribution < 1.29 is 0 Å². The molecule has 3 heteroatoms. The lowest BCUT2D eigenvalue weighted by Crippen LogP contribution is -2.19. The van der Waals surface area contributed by atoms with E-state index in [9.17, 15) is 4.79 Å². The van der Waals surface area contributed by atoms with Gasteiger partial charge in [-0.05, 0) is 32.4 Å². The van der Waals surface area contributed by atoms with E-state index < -0.39 is 0 Å². The molecular weight excluding hydrogens is 236 g/mol. The summed E-state index contributed by atoms with van der Waals surface area (Å²) in [6.07, 6.45) is 11.5. The van der Waals surface area contributed by atoms with Crippen LogP contribution in [0.25, 0.3) is 5.70 Å². The van der Waals surface area contributed by atoms with Gasteiger partial charge in [-0.25, -0.2) is 0 Å². The summed E-state index contributed by atoms with van der Waals surface area (Å²) in [5.74, 6) is 0. The first kappa shape index (κ1) is 15.2. The van der Waals surface area contributed by atoms with Gasteiger partial charge >= 0.3 is 0 Å². The van der Waals surface area contributed by atoms with Crippen molar-refractivity contribution in [2.45, 2.75) is 33.6 Å². The molecule has 1 aromatic rings. The van der Waals surface area contributed by atoms with Crippen molar-refractivity contribution in [1.82, 2.24) is 4.57 Å². The number of aryl methyl sites for hydroxylation is 1. The Kier molecular flexibility index (Phi) is 6.00. The monoisotopic (exact) mass is 258 g/mol. The molecule has 1 aromatic heterocycles. The highest BCUT2D eigenvalue weighted by molar-refractivity contribution is 5.80. The van der Waals surface area contributed by atoms with Gasteiger partial charge in [0.15, 0.2) is 0 Å². The third kappa shape index (κ3) is 4.05. The summed E-state index contributed by atoms with van der Waals surface area (Å²) in [6, 6.07) is 1.95. The maximum atomic E-state index is 12.0. The number of aliphatic imine (C=N–C) groups is 1. The van der Waals surface area contributed by atoms with Crippen LogP contribution in [0, 0.1) is 6.92 Å². The molecule has 19 heavy (non-hydrogen) atoms. The fourth-order valence-corrected chi connectivity index (χ4v) is 1.76. The molecule has 0 aliphatic carbocycles. The topological polar surface area (TPSA) is 34.4 Å². The number of aromatic nitrogens is 1. The molecule has 0 unspecified atom stereocenters. The van der Waals surface area contributed by atoms with Crippen molar-refractivity contribution >= 4 is 11.9 Å². The molecule has 0 bridgehead atoms. The minimum atomic E-state index is 0.0288. The van der Waals surface area contributed by atoms with E-state index in [0.717, 1.165) is 29.7 Å². The van der Waals surface area contributed by atoms with Crippen molar-refractivity contribution in [3.63, 3.8) is 0 Å². The molecule has 3 nitrogen and oxygen atoms in total. The maximum Gasteiger partial charge on any atom is 0.253 e. The van der Waals surface area contributed by atoms with Crippen LogP contribution in [0.3, 0.4) is 0 Å². The van der Waals surface area contributed by atoms with Gasteiger partial charge in [-0.1, -0.05) is 25.5 Å². The number of hydrogen-bond acceptors (Lipinski definition) is 2. The number of rotatable bonds is 5. The number of nitrogens with zero attached hydrogens (tertiary/aromatic N) is 2. The van der Waals surface area contributed by atoms with Crippen LogP contribution in [-0.4, -0.2) is 10.8 Å². The first-order chi connectivity index (χ1) is 9.11. The van der Waals surface area contributed by atoms with Gasteiger partial charge in [-0.3, -0.25) is 9.79 Å². The first-order valence-corrected chi connectivity index (χ1v) is 6.64. The Hall–Kier alpha value is -1.90. The zero-order valence-electron chi connectivity index (χ0n) is 12.2. The minimum Gasteiger partial charge on any atom is -0.318 e. The fraction of sp³-hybridized carbons (Fsp3) is 0.375. The third-order valence-electron chi connectivity index (χ3n) is 2.90. The Labute approximate surface area is 115 Å². The van der Waals surface area contributed by atoms with Crippen molar-refractivity contribution in [2.24, 2.45) is 12.0 Å². The van der Waals surface area contributed by atoms with Crippen LogP contribution in [0.15, 0.2) is 40.3 Å². The van der Waals surface area contributed by atoms with Crippen LogP contribution < -0.4 is 5.56 Å². The minimum absolute atomic E-state index is 0.0288. The lowest BCUT2D eigenvalue weighted by atomic mass is 10.1. The van der Waals surface area contributed by atoms with E-state index in [0.29, 0.717) is 0 Å². The summed E-state index contributed by atoms with van der Waals surface area (Å²) in [4.78, 5) is 16.4. The van der Waals surface area contributed by atoms with Crippen LogP contribution in [0.2, 0.25) is 0 Å². The zero-order valence-corrected chi connectivity index (χ0v) is 12.2. The van der Waals surface area contributed by atoms with Crippen molar-refractivity contribution in [2.75, 3.05) is 0 Å². The number of unbranched alkanes of at least 4 members (excludes halogenated alkanes) is 1. The first-order valence-electron chi connectivity index (χ1n) is 6.64. The molecule has 102 valence electrons. The Morgan fingerprint density at radius 2 is 2.21 bits per heavy atom. The van der Waals surface area contributed by atoms with E-state index in [1.54, 1.807) is 24.0 Å². The summed E-state index contributed by atoms with van der Waals surface area (Å²) in [5.41, 5.74) is 2.55. The van der Waals surface area contributed by atoms with Crippen LogP contribution in [0.1, 0.15) is 37.8 Å². The van der Waals surface area contributed by atoms with E-state index >= 15 is 0 Å². The highest BCUT2D eigenvalue weighted by Gasteiger charge is 2.07. The largest absolute Gasteiger partial charge is 0.318 e. The number of allylic oxidation sites excluding steroid dienone is 3. The summed E-state index contributed by atoms with van der Waals surface area (Å²) < 4.78 is 1.59. The second-order valence-electron chi connectivity index (χ2n) is 4.45. The predicted octanol–water partition coefficient (Wildman–Crippen LogP) is 3.48. The average molecular weight is 258 g/mol. The fourth-order valence-electron chi connectivity index (χ4n) is 1.76. The molecule has 0 fully saturated rings. The van der Waals surface area contributed by atoms with Gasteiger partial charge in [0, 0.05) is 30.6 Å². The molecule has 1 heterocycles. The van der Waals surface area contributed by atoms with Crippen molar-refractivity contribution in [3.8, 4) is 0 Å². The Morgan fingerprint density at radius 3 is 2.84 bits per heavy atom. The van der Waals surface area contributed by atoms with Gasteiger partial charge in [0.05, 0.1) is 5.70 Å². The van der Waals surface area contributed by atoms with Crippen LogP contribution in [0.4, 0.5) is 0 Å². The van der Waals surface area contributed by atoms with E-state index in [1.165, 1.54) is 0 Å². The quantitative estimate of drug-likeness (QED) is 0.744. The van der Waals surface area contributed by atoms with E-state index in [1.807, 2.05) is 32.1 Å². The summed E-state index contributed by atoms with van der Waals surface area (Å²) >= 11 is 0. The molecule has 0 aliphatic heterocycles. The molecule has 0 saturated carbocycles. The summed E-state index contributed by atoms with van der Waals surface area (Å²) in [6.45, 7) is 5.92. The smallest absolute Gasteiger partial charge is 0.253 e. The lowest BCUT2D eigenvalue weighted by molar-refractivity contribution is 0.846. The van der Waals surface area contributed by atoms with E-state index in [2.05, 4.69) is 18.0 Å². The number of hydrogen-bond donors (Lipinski definition) is 0. The van der Waals surface area contributed by atoms with Gasteiger partial charge in [-0.2, -0.15) is 0 Å². The second-order valence-corrected chi connectivity index (χ2v) is 4.45. The molecule has 0 atom stereocenters. The molecule has 0 aromatic carbocycles. The molecule has 0 spiro atoms.